The summed E-state index contributed by atoms with van der Waals surface area (Å²) in [6.45, 7) is 3.91. The minimum Gasteiger partial charge on any atom is -0.453 e. The van der Waals surface area contributed by atoms with Gasteiger partial charge in [-0.1, -0.05) is 12.1 Å². The molecule has 1 saturated heterocycles. The number of rotatable bonds is 5. The van der Waals surface area contributed by atoms with Crippen LogP contribution >= 0.6 is 0 Å². The number of carbonyl (C=O) groups excluding carboxylic acids is 1. The highest BCUT2D eigenvalue weighted by Gasteiger charge is 2.39. The average Bonchev–Trinajstić information content (AvgIpc) is 3.53. The van der Waals surface area contributed by atoms with Crippen LogP contribution in [0.5, 0.6) is 11.5 Å². The Hall–Kier alpha value is -3.19. The highest BCUT2D eigenvalue weighted by Crippen LogP contribution is 2.46. The normalized spacial score (nSPS) is 20.3. The summed E-state index contributed by atoms with van der Waals surface area (Å²) in [7, 11) is 0. The highest BCUT2D eigenvalue weighted by atomic mass is 19.1. The maximum absolute atomic E-state index is 14.6. The number of hydrogen-bond acceptors (Lipinski definition) is 4. The maximum Gasteiger partial charge on any atom is 0.230 e. The van der Waals surface area contributed by atoms with Gasteiger partial charge in [0.15, 0.2) is 11.6 Å². The van der Waals surface area contributed by atoms with Gasteiger partial charge in [-0.3, -0.25) is 9.48 Å². The Labute approximate surface area is 192 Å². The van der Waals surface area contributed by atoms with Crippen LogP contribution in [0.1, 0.15) is 37.8 Å². The SMILES string of the molecule is CC1CCc2c(ccc(-c3cnn(C4CNC4)c3)c2Oc2ccccc2F)N1C(=O)C1CC1. The number of nitrogens with zero attached hydrogens (tertiary/aromatic N) is 3. The summed E-state index contributed by atoms with van der Waals surface area (Å²) >= 11 is 0. The zero-order valence-corrected chi connectivity index (χ0v) is 18.6. The molecule has 1 N–H and O–H groups in total. The van der Waals surface area contributed by atoms with Gasteiger partial charge >= 0.3 is 0 Å². The molecule has 7 heteroatoms. The van der Waals surface area contributed by atoms with Crippen molar-refractivity contribution in [1.82, 2.24) is 15.1 Å². The lowest BCUT2D eigenvalue weighted by molar-refractivity contribution is -0.120. The molecule has 1 saturated carbocycles. The number of halogens is 1. The second kappa shape index (κ2) is 7.99. The van der Waals surface area contributed by atoms with Crippen molar-refractivity contribution in [3.05, 3.63) is 60.2 Å². The molecule has 1 unspecified atom stereocenters. The van der Waals surface area contributed by atoms with Crippen LogP contribution in [0.15, 0.2) is 48.8 Å². The fraction of sp³-hybridized carbons (Fsp3) is 0.385. The minimum absolute atomic E-state index is 0.128. The molecule has 2 aromatic carbocycles. The molecule has 1 aromatic heterocycles. The van der Waals surface area contributed by atoms with Crippen LogP contribution < -0.4 is 15.0 Å². The molecule has 170 valence electrons. The van der Waals surface area contributed by atoms with Crippen LogP contribution in [0.3, 0.4) is 0 Å². The Kier molecular flexibility index (Phi) is 4.94. The number of para-hydroxylation sites is 1. The monoisotopic (exact) mass is 446 g/mol. The lowest BCUT2D eigenvalue weighted by Gasteiger charge is -2.36. The van der Waals surface area contributed by atoms with Gasteiger partial charge in [0.2, 0.25) is 5.91 Å². The molecule has 6 rings (SSSR count). The van der Waals surface area contributed by atoms with Crippen molar-refractivity contribution < 1.29 is 13.9 Å². The molecule has 3 heterocycles. The number of amides is 1. The van der Waals surface area contributed by atoms with Crippen LogP contribution in [-0.4, -0.2) is 34.8 Å². The summed E-state index contributed by atoms with van der Waals surface area (Å²) in [5.41, 5.74) is 3.64. The third-order valence-corrected chi connectivity index (χ3v) is 7.01. The van der Waals surface area contributed by atoms with Gasteiger partial charge in [0, 0.05) is 47.9 Å². The Morgan fingerprint density at radius 3 is 2.70 bits per heavy atom. The summed E-state index contributed by atoms with van der Waals surface area (Å²) in [6.07, 6.45) is 7.40. The number of nitrogens with one attached hydrogen (secondary N) is 1. The first-order chi connectivity index (χ1) is 16.1. The number of ether oxygens (including phenoxy) is 1. The predicted octanol–water partition coefficient (Wildman–Crippen LogP) is 4.70. The fourth-order valence-electron chi connectivity index (χ4n) is 4.79. The number of anilines is 1. The maximum atomic E-state index is 14.6. The number of aromatic nitrogens is 2. The summed E-state index contributed by atoms with van der Waals surface area (Å²) < 4.78 is 22.8. The molecule has 1 atom stereocenters. The van der Waals surface area contributed by atoms with Crippen LogP contribution in [-0.2, 0) is 11.2 Å². The predicted molar refractivity (Wildman–Crippen MR) is 124 cm³/mol. The summed E-state index contributed by atoms with van der Waals surface area (Å²) in [5.74, 6) is 0.708. The summed E-state index contributed by atoms with van der Waals surface area (Å²) in [5, 5.41) is 7.83. The fourth-order valence-corrected chi connectivity index (χ4v) is 4.79. The van der Waals surface area contributed by atoms with Gasteiger partial charge in [0.05, 0.1) is 17.9 Å². The van der Waals surface area contributed by atoms with E-state index < -0.39 is 5.82 Å². The molecule has 3 aliphatic rings. The van der Waals surface area contributed by atoms with E-state index in [0.29, 0.717) is 11.8 Å². The molecule has 6 nitrogen and oxygen atoms in total. The summed E-state index contributed by atoms with van der Waals surface area (Å²) in [4.78, 5) is 15.1. The average molecular weight is 447 g/mol. The third kappa shape index (κ3) is 3.60. The van der Waals surface area contributed by atoms with Crippen molar-refractivity contribution in [1.29, 1.82) is 0 Å². The van der Waals surface area contributed by atoms with E-state index in [9.17, 15) is 9.18 Å². The zero-order chi connectivity index (χ0) is 22.5. The Morgan fingerprint density at radius 1 is 1.15 bits per heavy atom. The van der Waals surface area contributed by atoms with Crippen LogP contribution in [0, 0.1) is 11.7 Å². The first kappa shape index (κ1) is 20.4. The van der Waals surface area contributed by atoms with E-state index in [1.165, 1.54) is 6.07 Å². The van der Waals surface area contributed by atoms with E-state index >= 15 is 0 Å². The highest BCUT2D eigenvalue weighted by molar-refractivity contribution is 5.99. The van der Waals surface area contributed by atoms with Crippen molar-refractivity contribution in [2.45, 2.75) is 44.7 Å². The van der Waals surface area contributed by atoms with Crippen LogP contribution in [0.2, 0.25) is 0 Å². The quantitative estimate of drug-likeness (QED) is 0.617. The number of fused-ring (bicyclic) bond motifs is 1. The lowest BCUT2D eigenvalue weighted by Crippen LogP contribution is -2.43. The Morgan fingerprint density at radius 2 is 1.97 bits per heavy atom. The largest absolute Gasteiger partial charge is 0.453 e. The molecule has 2 fully saturated rings. The van der Waals surface area contributed by atoms with E-state index in [4.69, 9.17) is 4.74 Å². The van der Waals surface area contributed by atoms with Crippen molar-refractivity contribution in [3.63, 3.8) is 0 Å². The number of hydrogen-bond donors (Lipinski definition) is 1. The van der Waals surface area contributed by atoms with Gasteiger partial charge in [-0.2, -0.15) is 5.10 Å². The second-order valence-corrected chi connectivity index (χ2v) is 9.36. The molecular formula is C26H27FN4O2. The van der Waals surface area contributed by atoms with Gasteiger partial charge in [0.25, 0.3) is 0 Å². The van der Waals surface area contributed by atoms with E-state index in [-0.39, 0.29) is 23.6 Å². The van der Waals surface area contributed by atoms with Gasteiger partial charge in [0.1, 0.15) is 5.75 Å². The lowest BCUT2D eigenvalue weighted by atomic mass is 9.92. The zero-order valence-electron chi connectivity index (χ0n) is 18.6. The molecule has 33 heavy (non-hydrogen) atoms. The number of carbonyl (C=O) groups is 1. The standard InChI is InChI=1S/C26H27FN4O2/c1-16-6-9-21-23(31(16)26(32)17-7-8-17)11-10-20(18-12-29-30(15-18)19-13-28-14-19)25(21)33-24-5-3-2-4-22(24)27/h2-5,10-12,15-17,19,28H,6-9,13-14H2,1H3. The first-order valence-corrected chi connectivity index (χ1v) is 11.8. The van der Waals surface area contributed by atoms with Gasteiger partial charge in [-0.15, -0.1) is 0 Å². The molecule has 2 aliphatic heterocycles. The molecule has 0 bridgehead atoms. The van der Waals surface area contributed by atoms with Crippen LogP contribution in [0.25, 0.3) is 11.1 Å². The summed E-state index contributed by atoms with van der Waals surface area (Å²) in [6, 6.07) is 10.9. The van der Waals surface area contributed by atoms with Crippen molar-refractivity contribution in [2.75, 3.05) is 18.0 Å². The van der Waals surface area contributed by atoms with E-state index in [2.05, 4.69) is 17.3 Å². The molecule has 3 aromatic rings. The molecule has 1 aliphatic carbocycles. The van der Waals surface area contributed by atoms with Gasteiger partial charge in [-0.25, -0.2) is 4.39 Å². The van der Waals surface area contributed by atoms with E-state index in [0.717, 1.165) is 61.2 Å². The Balaban J connectivity index is 1.47. The second-order valence-electron chi connectivity index (χ2n) is 9.36. The van der Waals surface area contributed by atoms with Crippen molar-refractivity contribution in [2.24, 2.45) is 5.92 Å². The van der Waals surface area contributed by atoms with Crippen molar-refractivity contribution >= 4 is 11.6 Å². The Bertz CT molecular complexity index is 1210. The van der Waals surface area contributed by atoms with Crippen molar-refractivity contribution in [3.8, 4) is 22.6 Å². The van der Waals surface area contributed by atoms with Gasteiger partial charge < -0.3 is 15.0 Å². The number of benzene rings is 2. The van der Waals surface area contributed by atoms with Crippen LogP contribution in [0.4, 0.5) is 10.1 Å². The van der Waals surface area contributed by atoms with E-state index in [1.54, 1.807) is 18.2 Å². The first-order valence-electron chi connectivity index (χ1n) is 11.8. The molecule has 0 spiro atoms. The molecule has 1 amide bonds. The molecular weight excluding hydrogens is 419 g/mol. The smallest absolute Gasteiger partial charge is 0.230 e. The molecule has 0 radical (unpaired) electrons. The van der Waals surface area contributed by atoms with E-state index in [1.807, 2.05) is 34.1 Å². The topological polar surface area (TPSA) is 59.4 Å². The minimum atomic E-state index is -0.410. The third-order valence-electron chi connectivity index (χ3n) is 7.01. The van der Waals surface area contributed by atoms with Gasteiger partial charge in [-0.05, 0) is 56.9 Å².